The molecule has 0 N–H and O–H groups in total. The van der Waals surface area contributed by atoms with E-state index in [-0.39, 0.29) is 0 Å². The molecule has 0 atom stereocenters. The highest BCUT2D eigenvalue weighted by atomic mass is 16.3. The normalized spacial score (nSPS) is 15.2. The molecule has 1 aliphatic carbocycles. The van der Waals surface area contributed by atoms with Gasteiger partial charge in [0.05, 0.1) is 5.56 Å². The molecule has 0 saturated heterocycles. The van der Waals surface area contributed by atoms with Gasteiger partial charge in [0.1, 0.15) is 7.05 Å². The van der Waals surface area contributed by atoms with Gasteiger partial charge in [-0.25, -0.2) is 9.55 Å². The Morgan fingerprint density at radius 3 is 2.48 bits per heavy atom. The molecule has 0 aliphatic heterocycles. The fraction of sp³-hybridized carbons (Fsp3) is 0.385. The van der Waals surface area contributed by atoms with E-state index in [0.29, 0.717) is 11.8 Å². The highest BCUT2D eigenvalue weighted by molar-refractivity contribution is 6.08. The third-order valence-electron chi connectivity index (χ3n) is 6.59. The Hall–Kier alpha value is -2.68. The molecule has 3 aromatic heterocycles. The number of rotatable bonds is 3. The van der Waals surface area contributed by atoms with Crippen LogP contribution in [0.25, 0.3) is 33.3 Å². The van der Waals surface area contributed by atoms with Gasteiger partial charge in [0.15, 0.2) is 11.8 Å². The minimum absolute atomic E-state index is 0.511. The van der Waals surface area contributed by atoms with Crippen molar-refractivity contribution in [2.45, 2.75) is 58.3 Å². The molecule has 5 rings (SSSR count). The average Bonchev–Trinajstić information content (AvgIpc) is 3.35. The standard InChI is InChI=1S/C26H29N2O/c1-16(2)19-10-14-23(28(4)15-19)24-17(3)9-11-20-21-12-13-22(18-7-5-6-8-18)27-26(21)29-25(20)24/h9-16,18H,5-8H2,1-4H3/q+1. The molecule has 0 amide bonds. The minimum atomic E-state index is 0.511. The maximum absolute atomic E-state index is 6.43. The molecule has 1 fully saturated rings. The van der Waals surface area contributed by atoms with Crippen LogP contribution >= 0.6 is 0 Å². The van der Waals surface area contributed by atoms with Crippen molar-refractivity contribution in [3.8, 4) is 11.3 Å². The number of hydrogen-bond acceptors (Lipinski definition) is 2. The SMILES string of the molecule is Cc1ccc2c(oc3nc(C4CCCC4)ccc32)c1-c1ccc(C(C)C)c[n+]1C. The van der Waals surface area contributed by atoms with E-state index in [4.69, 9.17) is 9.40 Å². The summed E-state index contributed by atoms with van der Waals surface area (Å²) in [7, 11) is 2.12. The van der Waals surface area contributed by atoms with Crippen molar-refractivity contribution in [1.29, 1.82) is 0 Å². The highest BCUT2D eigenvalue weighted by Crippen LogP contribution is 2.38. The molecular formula is C26H29N2O+. The molecule has 1 saturated carbocycles. The van der Waals surface area contributed by atoms with Gasteiger partial charge in [-0.3, -0.25) is 0 Å². The Morgan fingerprint density at radius 1 is 1.00 bits per heavy atom. The molecule has 148 valence electrons. The molecule has 0 radical (unpaired) electrons. The van der Waals surface area contributed by atoms with Gasteiger partial charge in [-0.15, -0.1) is 0 Å². The van der Waals surface area contributed by atoms with Crippen molar-refractivity contribution >= 4 is 22.1 Å². The van der Waals surface area contributed by atoms with Gasteiger partial charge in [0.25, 0.3) is 0 Å². The van der Waals surface area contributed by atoms with E-state index in [9.17, 15) is 0 Å². The Balaban J connectivity index is 1.71. The molecule has 0 spiro atoms. The van der Waals surface area contributed by atoms with Crippen LogP contribution in [-0.2, 0) is 7.05 Å². The molecule has 3 heterocycles. The molecule has 1 aliphatic rings. The summed E-state index contributed by atoms with van der Waals surface area (Å²) in [6.45, 7) is 6.62. The van der Waals surface area contributed by atoms with Crippen LogP contribution in [0.5, 0.6) is 0 Å². The summed E-state index contributed by atoms with van der Waals surface area (Å²) in [6.07, 6.45) is 7.37. The molecular weight excluding hydrogens is 356 g/mol. The summed E-state index contributed by atoms with van der Waals surface area (Å²) >= 11 is 0. The number of fused-ring (bicyclic) bond motifs is 3. The topological polar surface area (TPSA) is 29.9 Å². The first-order valence-corrected chi connectivity index (χ1v) is 10.9. The molecule has 3 nitrogen and oxygen atoms in total. The lowest BCUT2D eigenvalue weighted by molar-refractivity contribution is -0.660. The van der Waals surface area contributed by atoms with Crippen molar-refractivity contribution in [3.05, 3.63) is 59.4 Å². The molecule has 4 aromatic rings. The zero-order chi connectivity index (χ0) is 20.1. The number of hydrogen-bond donors (Lipinski definition) is 0. The fourth-order valence-electron chi connectivity index (χ4n) is 4.83. The summed E-state index contributed by atoms with van der Waals surface area (Å²) in [4.78, 5) is 4.95. The van der Waals surface area contributed by atoms with E-state index in [1.54, 1.807) is 0 Å². The number of pyridine rings is 2. The van der Waals surface area contributed by atoms with Gasteiger partial charge >= 0.3 is 0 Å². The predicted molar refractivity (Wildman–Crippen MR) is 118 cm³/mol. The zero-order valence-corrected chi connectivity index (χ0v) is 17.8. The first-order chi connectivity index (χ1) is 14.0. The van der Waals surface area contributed by atoms with E-state index >= 15 is 0 Å². The first kappa shape index (κ1) is 18.4. The fourth-order valence-corrected chi connectivity index (χ4v) is 4.83. The largest absolute Gasteiger partial charge is 0.437 e. The highest BCUT2D eigenvalue weighted by Gasteiger charge is 2.23. The van der Waals surface area contributed by atoms with Gasteiger partial charge in [-0.2, -0.15) is 0 Å². The van der Waals surface area contributed by atoms with Gasteiger partial charge in [0.2, 0.25) is 11.4 Å². The van der Waals surface area contributed by atoms with Gasteiger partial charge in [0, 0.05) is 34.0 Å². The van der Waals surface area contributed by atoms with Crippen LogP contribution < -0.4 is 4.57 Å². The quantitative estimate of drug-likeness (QED) is 0.374. The maximum atomic E-state index is 6.43. The number of aromatic nitrogens is 2. The van der Waals surface area contributed by atoms with E-state index < -0.39 is 0 Å². The lowest BCUT2D eigenvalue weighted by Crippen LogP contribution is -2.31. The van der Waals surface area contributed by atoms with Crippen LogP contribution in [0, 0.1) is 6.92 Å². The van der Waals surface area contributed by atoms with E-state index in [1.807, 2.05) is 0 Å². The Labute approximate surface area is 172 Å². The lowest BCUT2D eigenvalue weighted by atomic mass is 9.98. The van der Waals surface area contributed by atoms with Crippen LogP contribution in [-0.4, -0.2) is 4.98 Å². The van der Waals surface area contributed by atoms with E-state index in [0.717, 1.165) is 22.1 Å². The van der Waals surface area contributed by atoms with Crippen LogP contribution in [0.3, 0.4) is 0 Å². The first-order valence-electron chi connectivity index (χ1n) is 10.9. The van der Waals surface area contributed by atoms with Gasteiger partial charge in [-0.1, -0.05) is 38.8 Å². The van der Waals surface area contributed by atoms with Crippen molar-refractivity contribution in [1.82, 2.24) is 4.98 Å². The summed E-state index contributed by atoms with van der Waals surface area (Å²) in [5.41, 5.74) is 7.82. The summed E-state index contributed by atoms with van der Waals surface area (Å²) in [5.74, 6) is 1.10. The third kappa shape index (κ3) is 3.04. The number of aryl methyl sites for hydroxylation is 2. The molecule has 29 heavy (non-hydrogen) atoms. The van der Waals surface area contributed by atoms with Crippen molar-refractivity contribution in [2.24, 2.45) is 7.05 Å². The minimum Gasteiger partial charge on any atom is -0.437 e. The lowest BCUT2D eigenvalue weighted by Gasteiger charge is -2.08. The molecule has 1 aromatic carbocycles. The van der Waals surface area contributed by atoms with Gasteiger partial charge < -0.3 is 4.42 Å². The Morgan fingerprint density at radius 2 is 1.76 bits per heavy atom. The zero-order valence-electron chi connectivity index (χ0n) is 17.8. The maximum Gasteiger partial charge on any atom is 0.227 e. The third-order valence-corrected chi connectivity index (χ3v) is 6.59. The number of furan rings is 1. The molecule has 0 unspecified atom stereocenters. The van der Waals surface area contributed by atoms with Crippen LogP contribution in [0.2, 0.25) is 0 Å². The van der Waals surface area contributed by atoms with Crippen LogP contribution in [0.1, 0.15) is 68.2 Å². The van der Waals surface area contributed by atoms with Crippen molar-refractivity contribution in [3.63, 3.8) is 0 Å². The summed E-state index contributed by atoms with van der Waals surface area (Å²) in [5, 5.41) is 2.27. The number of nitrogens with zero attached hydrogens (tertiary/aromatic N) is 2. The van der Waals surface area contributed by atoms with E-state index in [1.165, 1.54) is 53.8 Å². The second-order valence-corrected chi connectivity index (χ2v) is 8.92. The predicted octanol–water partition coefficient (Wildman–Crippen LogP) is 6.56. The smallest absolute Gasteiger partial charge is 0.227 e. The molecule has 0 bridgehead atoms. The van der Waals surface area contributed by atoms with Gasteiger partial charge in [-0.05, 0) is 49.4 Å². The Kier molecular flexibility index (Phi) is 4.42. The van der Waals surface area contributed by atoms with Crippen LogP contribution in [0.15, 0.2) is 47.0 Å². The Bertz CT molecular complexity index is 1210. The second kappa shape index (κ2) is 6.98. The number of benzene rings is 1. The van der Waals surface area contributed by atoms with Crippen molar-refractivity contribution < 1.29 is 8.98 Å². The van der Waals surface area contributed by atoms with Crippen LogP contribution in [0.4, 0.5) is 0 Å². The summed E-state index contributed by atoms with van der Waals surface area (Å²) in [6, 6.07) is 13.3. The average molecular weight is 386 g/mol. The van der Waals surface area contributed by atoms with E-state index in [2.05, 4.69) is 75.0 Å². The van der Waals surface area contributed by atoms with Crippen molar-refractivity contribution in [2.75, 3.05) is 0 Å². The summed E-state index contributed by atoms with van der Waals surface area (Å²) < 4.78 is 8.65. The second-order valence-electron chi connectivity index (χ2n) is 8.92. The monoisotopic (exact) mass is 385 g/mol. The molecule has 3 heteroatoms.